The molecule has 1 aromatic rings. The first-order chi connectivity index (χ1) is 6.74. The highest BCUT2D eigenvalue weighted by molar-refractivity contribution is 5.69. The normalized spacial score (nSPS) is 20.3. The highest BCUT2D eigenvalue weighted by Gasteiger charge is 2.21. The van der Waals surface area contributed by atoms with E-state index in [4.69, 9.17) is 4.74 Å². The maximum atomic E-state index is 10.7. The van der Waals surface area contributed by atoms with Crippen molar-refractivity contribution in [1.82, 2.24) is 5.32 Å². The second-order valence-electron chi connectivity index (χ2n) is 3.31. The lowest BCUT2D eigenvalue weighted by molar-refractivity contribution is 0.177. The van der Waals surface area contributed by atoms with E-state index in [2.05, 4.69) is 5.32 Å². The summed E-state index contributed by atoms with van der Waals surface area (Å²) in [4.78, 5) is 10.7. The molecule has 0 spiro atoms. The van der Waals surface area contributed by atoms with Crippen molar-refractivity contribution in [2.24, 2.45) is 0 Å². The molecule has 4 heteroatoms. The van der Waals surface area contributed by atoms with Crippen LogP contribution in [0, 0.1) is 0 Å². The van der Waals surface area contributed by atoms with Crippen LogP contribution in [0.15, 0.2) is 24.3 Å². The van der Waals surface area contributed by atoms with Crippen molar-refractivity contribution in [3.8, 4) is 5.75 Å². The summed E-state index contributed by atoms with van der Waals surface area (Å²) in [6.07, 6.45) is 0.315. The Balaban J connectivity index is 2.00. The Morgan fingerprint density at radius 3 is 3.07 bits per heavy atom. The van der Waals surface area contributed by atoms with Crippen LogP contribution in [-0.2, 0) is 11.2 Å². The number of hydrogen-bond donors (Lipinski definition) is 2. The molecule has 1 fully saturated rings. The third kappa shape index (κ3) is 1.96. The van der Waals surface area contributed by atoms with E-state index in [0.717, 1.165) is 5.56 Å². The smallest absolute Gasteiger partial charge is 0.407 e. The zero-order chi connectivity index (χ0) is 9.97. The molecule has 14 heavy (non-hydrogen) atoms. The second-order valence-corrected chi connectivity index (χ2v) is 3.31. The van der Waals surface area contributed by atoms with E-state index < -0.39 is 0 Å². The molecule has 2 N–H and O–H groups in total. The van der Waals surface area contributed by atoms with Crippen molar-refractivity contribution in [2.75, 3.05) is 6.61 Å². The van der Waals surface area contributed by atoms with Crippen LogP contribution in [-0.4, -0.2) is 23.8 Å². The van der Waals surface area contributed by atoms with Gasteiger partial charge >= 0.3 is 6.09 Å². The fraction of sp³-hybridized carbons (Fsp3) is 0.300. The molecule has 0 bridgehead atoms. The minimum atomic E-state index is -0.366. The summed E-state index contributed by atoms with van der Waals surface area (Å²) in [6, 6.07) is 7.01. The lowest BCUT2D eigenvalue weighted by Crippen LogP contribution is -2.28. The molecule has 0 aromatic heterocycles. The van der Waals surface area contributed by atoms with Gasteiger partial charge in [0, 0.05) is 0 Å². The number of phenolic OH excluding ortho intramolecular Hbond substituents is 1. The molecule has 2 rings (SSSR count). The van der Waals surface area contributed by atoms with Gasteiger partial charge in [-0.15, -0.1) is 0 Å². The maximum absolute atomic E-state index is 10.7. The van der Waals surface area contributed by atoms with Crippen molar-refractivity contribution in [1.29, 1.82) is 0 Å². The van der Waals surface area contributed by atoms with Gasteiger partial charge in [0.1, 0.15) is 12.4 Å². The predicted octanol–water partition coefficient (Wildman–Crippen LogP) is 1.04. The van der Waals surface area contributed by atoms with Crippen LogP contribution in [0.3, 0.4) is 0 Å². The lowest BCUT2D eigenvalue weighted by Gasteiger charge is -2.06. The van der Waals surface area contributed by atoms with Gasteiger partial charge in [0.2, 0.25) is 0 Å². The SMILES string of the molecule is O=C1NC(Cc2cccc(O)c2)CO1. The zero-order valence-electron chi connectivity index (χ0n) is 7.56. The van der Waals surface area contributed by atoms with Gasteiger partial charge in [-0.1, -0.05) is 12.1 Å². The van der Waals surface area contributed by atoms with Gasteiger partial charge in [-0.2, -0.15) is 0 Å². The van der Waals surface area contributed by atoms with Crippen LogP contribution < -0.4 is 5.32 Å². The van der Waals surface area contributed by atoms with E-state index in [0.29, 0.717) is 13.0 Å². The second kappa shape index (κ2) is 3.57. The Morgan fingerprint density at radius 1 is 1.57 bits per heavy atom. The molecule has 1 heterocycles. The first-order valence-corrected chi connectivity index (χ1v) is 4.45. The number of ether oxygens (including phenoxy) is 1. The molecule has 4 nitrogen and oxygen atoms in total. The van der Waals surface area contributed by atoms with E-state index in [1.807, 2.05) is 6.07 Å². The average Bonchev–Trinajstić information content (AvgIpc) is 2.51. The number of nitrogens with one attached hydrogen (secondary N) is 1. The largest absolute Gasteiger partial charge is 0.508 e. The Labute approximate surface area is 81.5 Å². The fourth-order valence-corrected chi connectivity index (χ4v) is 1.50. The lowest BCUT2D eigenvalue weighted by atomic mass is 10.1. The molecular weight excluding hydrogens is 182 g/mol. The van der Waals surface area contributed by atoms with E-state index in [1.165, 1.54) is 0 Å². The van der Waals surface area contributed by atoms with Crippen molar-refractivity contribution >= 4 is 6.09 Å². The third-order valence-corrected chi connectivity index (χ3v) is 2.13. The van der Waals surface area contributed by atoms with Crippen molar-refractivity contribution in [2.45, 2.75) is 12.5 Å². The monoisotopic (exact) mass is 193 g/mol. The van der Waals surface area contributed by atoms with Crippen LogP contribution in [0.1, 0.15) is 5.56 Å². The van der Waals surface area contributed by atoms with Gasteiger partial charge in [-0.25, -0.2) is 4.79 Å². The predicted molar refractivity (Wildman–Crippen MR) is 50.1 cm³/mol. The number of cyclic esters (lactones) is 1. The topological polar surface area (TPSA) is 58.6 Å². The van der Waals surface area contributed by atoms with Gasteiger partial charge in [-0.3, -0.25) is 0 Å². The maximum Gasteiger partial charge on any atom is 0.407 e. The number of hydrogen-bond acceptors (Lipinski definition) is 3. The molecule has 1 aromatic carbocycles. The number of aromatic hydroxyl groups is 1. The molecule has 0 radical (unpaired) electrons. The Hall–Kier alpha value is -1.71. The zero-order valence-corrected chi connectivity index (χ0v) is 7.56. The van der Waals surface area contributed by atoms with Crippen LogP contribution >= 0.6 is 0 Å². The van der Waals surface area contributed by atoms with E-state index in [1.54, 1.807) is 18.2 Å². The highest BCUT2D eigenvalue weighted by atomic mass is 16.6. The number of alkyl carbamates (subject to hydrolysis) is 1. The molecular formula is C10H11NO3. The van der Waals surface area contributed by atoms with Gasteiger partial charge in [0.25, 0.3) is 0 Å². The summed E-state index contributed by atoms with van der Waals surface area (Å²) >= 11 is 0. The molecule has 1 amide bonds. The summed E-state index contributed by atoms with van der Waals surface area (Å²) < 4.78 is 4.76. The first-order valence-electron chi connectivity index (χ1n) is 4.45. The standard InChI is InChI=1S/C10H11NO3/c12-9-3-1-2-7(5-9)4-8-6-14-10(13)11-8/h1-3,5,8,12H,4,6H2,(H,11,13). The van der Waals surface area contributed by atoms with Gasteiger partial charge in [0.05, 0.1) is 6.04 Å². The van der Waals surface area contributed by atoms with E-state index in [-0.39, 0.29) is 17.9 Å². The first kappa shape index (κ1) is 8.87. The average molecular weight is 193 g/mol. The minimum Gasteiger partial charge on any atom is -0.508 e. The molecule has 1 saturated heterocycles. The van der Waals surface area contributed by atoms with Gasteiger partial charge in [0.15, 0.2) is 0 Å². The quantitative estimate of drug-likeness (QED) is 0.737. The Morgan fingerprint density at radius 2 is 2.43 bits per heavy atom. The Bertz CT molecular complexity index is 351. The van der Waals surface area contributed by atoms with Crippen molar-refractivity contribution in [3.05, 3.63) is 29.8 Å². The van der Waals surface area contributed by atoms with E-state index in [9.17, 15) is 9.90 Å². The summed E-state index contributed by atoms with van der Waals surface area (Å²) in [5.74, 6) is 0.243. The van der Waals surface area contributed by atoms with Crippen LogP contribution in [0.4, 0.5) is 4.79 Å². The fourth-order valence-electron chi connectivity index (χ4n) is 1.50. The number of rotatable bonds is 2. The molecule has 1 aliphatic heterocycles. The molecule has 1 unspecified atom stereocenters. The molecule has 1 aliphatic rings. The molecule has 0 saturated carbocycles. The van der Waals surface area contributed by atoms with Gasteiger partial charge in [-0.05, 0) is 24.1 Å². The number of carbonyl (C=O) groups excluding carboxylic acids is 1. The minimum absolute atomic E-state index is 0.0179. The van der Waals surface area contributed by atoms with Crippen LogP contribution in [0.25, 0.3) is 0 Å². The van der Waals surface area contributed by atoms with Crippen molar-refractivity contribution < 1.29 is 14.6 Å². The summed E-state index contributed by atoms with van der Waals surface area (Å²) in [6.45, 7) is 0.397. The summed E-state index contributed by atoms with van der Waals surface area (Å²) in [5, 5.41) is 11.9. The number of benzene rings is 1. The van der Waals surface area contributed by atoms with Crippen LogP contribution in [0.5, 0.6) is 5.75 Å². The number of carbonyl (C=O) groups is 1. The molecule has 0 aliphatic carbocycles. The number of phenols is 1. The van der Waals surface area contributed by atoms with Gasteiger partial charge < -0.3 is 15.2 Å². The molecule has 74 valence electrons. The highest BCUT2D eigenvalue weighted by Crippen LogP contribution is 2.13. The molecule has 1 atom stereocenters. The van der Waals surface area contributed by atoms with E-state index >= 15 is 0 Å². The van der Waals surface area contributed by atoms with Crippen molar-refractivity contribution in [3.63, 3.8) is 0 Å². The van der Waals surface area contributed by atoms with Crippen LogP contribution in [0.2, 0.25) is 0 Å². The summed E-state index contributed by atoms with van der Waals surface area (Å²) in [5.41, 5.74) is 0.987. The Kier molecular flexibility index (Phi) is 2.26. The summed E-state index contributed by atoms with van der Waals surface area (Å²) in [7, 11) is 0. The number of amides is 1. The third-order valence-electron chi connectivity index (χ3n) is 2.13.